The molecule has 0 aromatic heterocycles. The molecule has 1 N–H and O–H groups in total. The molecule has 1 saturated carbocycles. The van der Waals surface area contributed by atoms with Crippen LogP contribution in [0.15, 0.2) is 32.9 Å². The number of hydrogen-bond acceptors (Lipinski definition) is 6. The number of fused-ring (bicyclic) bond motifs is 2. The molecule has 4 rings (SSSR count). The Hall–Kier alpha value is -1.50. The van der Waals surface area contributed by atoms with Crippen LogP contribution in [0, 0.1) is 10.8 Å². The van der Waals surface area contributed by atoms with Crippen molar-refractivity contribution in [2.75, 3.05) is 12.8 Å². The Kier molecular flexibility index (Phi) is 3.56. The number of rotatable bonds is 1. The van der Waals surface area contributed by atoms with E-state index < -0.39 is 9.84 Å². The molecule has 0 unspecified atom stereocenters. The van der Waals surface area contributed by atoms with E-state index in [1.807, 2.05) is 0 Å². The van der Waals surface area contributed by atoms with E-state index in [0.29, 0.717) is 38.6 Å². The van der Waals surface area contributed by atoms with Crippen LogP contribution in [0.4, 0.5) is 0 Å². The predicted molar refractivity (Wildman–Crippen MR) is 94.5 cm³/mol. The first-order valence-corrected chi connectivity index (χ1v) is 10.9. The molecule has 0 saturated heterocycles. The number of nitrogens with zero attached hydrogens (tertiary/aromatic N) is 2. The number of Topliss-reactive ketones (excluding diaryl/α,β-unsaturated/α-hetero) is 1. The first kappa shape index (κ1) is 16.9. The fourth-order valence-electron chi connectivity index (χ4n) is 5.13. The molecule has 136 valence electrons. The van der Waals surface area contributed by atoms with Gasteiger partial charge in [-0.25, -0.2) is 8.42 Å². The summed E-state index contributed by atoms with van der Waals surface area (Å²) in [4.78, 5) is 13.1. The SMILES string of the molecule is CC1(C)CC(=O)C2=C(C1)NC1=C(CN=N1)C21CCC(S(C)(=O)=O)CC1. The van der Waals surface area contributed by atoms with Crippen LogP contribution >= 0.6 is 0 Å². The molecule has 1 spiro atoms. The number of sulfone groups is 1. The summed E-state index contributed by atoms with van der Waals surface area (Å²) in [6.07, 6.45) is 5.27. The van der Waals surface area contributed by atoms with Crippen molar-refractivity contribution in [1.82, 2.24) is 5.32 Å². The maximum atomic E-state index is 13.1. The van der Waals surface area contributed by atoms with Crippen LogP contribution in [-0.4, -0.2) is 32.3 Å². The highest BCUT2D eigenvalue weighted by atomic mass is 32.2. The number of allylic oxidation sites excluding steroid dienone is 2. The second kappa shape index (κ2) is 5.25. The number of carbonyl (C=O) groups is 1. The summed E-state index contributed by atoms with van der Waals surface area (Å²) in [5.74, 6) is 0.997. The third kappa shape index (κ3) is 2.58. The molecular formula is C18H25N3O3S. The maximum Gasteiger partial charge on any atom is 0.162 e. The normalized spacial score (nSPS) is 34.2. The second-order valence-corrected chi connectivity index (χ2v) is 11.1. The Morgan fingerprint density at radius 2 is 1.84 bits per heavy atom. The molecule has 0 atom stereocenters. The smallest absolute Gasteiger partial charge is 0.162 e. The summed E-state index contributed by atoms with van der Waals surface area (Å²) < 4.78 is 24.0. The van der Waals surface area contributed by atoms with Gasteiger partial charge in [0, 0.05) is 34.9 Å². The van der Waals surface area contributed by atoms with Crippen molar-refractivity contribution in [2.24, 2.45) is 21.1 Å². The maximum absolute atomic E-state index is 13.1. The summed E-state index contributed by atoms with van der Waals surface area (Å²) in [6.45, 7) is 4.74. The first-order valence-electron chi connectivity index (χ1n) is 8.96. The van der Waals surface area contributed by atoms with Crippen molar-refractivity contribution >= 4 is 15.6 Å². The van der Waals surface area contributed by atoms with E-state index in [1.54, 1.807) is 0 Å². The zero-order valence-corrected chi connectivity index (χ0v) is 15.9. The lowest BCUT2D eigenvalue weighted by Gasteiger charge is -2.48. The van der Waals surface area contributed by atoms with Crippen LogP contribution in [0.5, 0.6) is 0 Å². The van der Waals surface area contributed by atoms with Gasteiger partial charge in [-0.3, -0.25) is 4.79 Å². The molecule has 2 aliphatic carbocycles. The van der Waals surface area contributed by atoms with Gasteiger partial charge in [0.25, 0.3) is 0 Å². The molecule has 7 heteroatoms. The van der Waals surface area contributed by atoms with E-state index >= 15 is 0 Å². The average Bonchev–Trinajstić information content (AvgIpc) is 2.94. The minimum atomic E-state index is -3.04. The summed E-state index contributed by atoms with van der Waals surface area (Å²) in [5.41, 5.74) is 2.53. The highest BCUT2D eigenvalue weighted by Crippen LogP contribution is 2.57. The standard InChI is InChI=1S/C18H25N3O3S/c1-17(2)8-13-15(14(22)9-17)18(12-10-19-21-16(12)20-13)6-4-11(5-7-18)25(3,23)24/h11,20H,4-10H2,1-3H3. The minimum absolute atomic E-state index is 0.0676. The van der Waals surface area contributed by atoms with Gasteiger partial charge in [-0.15, -0.1) is 5.11 Å². The molecular weight excluding hydrogens is 338 g/mol. The van der Waals surface area contributed by atoms with Crippen LogP contribution in [0.2, 0.25) is 0 Å². The van der Waals surface area contributed by atoms with E-state index in [1.165, 1.54) is 6.26 Å². The minimum Gasteiger partial charge on any atom is -0.342 e. The van der Waals surface area contributed by atoms with Gasteiger partial charge in [0.2, 0.25) is 0 Å². The zero-order valence-electron chi connectivity index (χ0n) is 15.1. The van der Waals surface area contributed by atoms with Crippen molar-refractivity contribution in [1.29, 1.82) is 0 Å². The van der Waals surface area contributed by atoms with Gasteiger partial charge < -0.3 is 5.32 Å². The third-order valence-electron chi connectivity index (χ3n) is 6.28. The van der Waals surface area contributed by atoms with Gasteiger partial charge in [-0.1, -0.05) is 13.8 Å². The topological polar surface area (TPSA) is 88.0 Å². The van der Waals surface area contributed by atoms with E-state index in [-0.39, 0.29) is 21.9 Å². The summed E-state index contributed by atoms with van der Waals surface area (Å²) in [7, 11) is -3.04. The fraction of sp³-hybridized carbons (Fsp3) is 0.722. The molecule has 25 heavy (non-hydrogen) atoms. The number of dihydropyridines is 1. The van der Waals surface area contributed by atoms with Crippen LogP contribution < -0.4 is 5.32 Å². The van der Waals surface area contributed by atoms with Gasteiger partial charge in [-0.05, 0) is 37.5 Å². The van der Waals surface area contributed by atoms with E-state index in [9.17, 15) is 13.2 Å². The van der Waals surface area contributed by atoms with E-state index in [4.69, 9.17) is 0 Å². The molecule has 0 bridgehead atoms. The van der Waals surface area contributed by atoms with Crippen molar-refractivity contribution in [3.8, 4) is 0 Å². The molecule has 0 aromatic carbocycles. The van der Waals surface area contributed by atoms with Gasteiger partial charge in [-0.2, -0.15) is 5.11 Å². The summed E-state index contributed by atoms with van der Waals surface area (Å²) in [6, 6.07) is 0. The molecule has 4 aliphatic rings. The monoisotopic (exact) mass is 363 g/mol. The van der Waals surface area contributed by atoms with Crippen molar-refractivity contribution in [2.45, 2.75) is 57.6 Å². The lowest BCUT2D eigenvalue weighted by atomic mass is 9.58. The number of ketones is 1. The van der Waals surface area contributed by atoms with Crippen LogP contribution in [0.25, 0.3) is 0 Å². The first-order chi connectivity index (χ1) is 11.6. The van der Waals surface area contributed by atoms with Crippen molar-refractivity contribution < 1.29 is 13.2 Å². The summed E-state index contributed by atoms with van der Waals surface area (Å²) >= 11 is 0. The largest absolute Gasteiger partial charge is 0.342 e. The predicted octanol–water partition coefficient (Wildman–Crippen LogP) is 2.88. The molecule has 2 heterocycles. The fourth-order valence-corrected chi connectivity index (χ4v) is 6.22. The van der Waals surface area contributed by atoms with Crippen LogP contribution in [-0.2, 0) is 14.6 Å². The molecule has 2 aliphatic heterocycles. The van der Waals surface area contributed by atoms with Gasteiger partial charge in [0.1, 0.15) is 9.84 Å². The van der Waals surface area contributed by atoms with Crippen molar-refractivity contribution in [3.63, 3.8) is 0 Å². The van der Waals surface area contributed by atoms with Gasteiger partial charge in [0.05, 0.1) is 11.8 Å². The molecule has 0 amide bonds. The second-order valence-electron chi connectivity index (χ2n) is 8.76. The Bertz CT molecular complexity index is 841. The van der Waals surface area contributed by atoms with Gasteiger partial charge in [0.15, 0.2) is 11.6 Å². The van der Waals surface area contributed by atoms with E-state index in [2.05, 4.69) is 29.4 Å². The quantitative estimate of drug-likeness (QED) is 0.776. The molecule has 0 radical (unpaired) electrons. The van der Waals surface area contributed by atoms with Crippen LogP contribution in [0.3, 0.4) is 0 Å². The van der Waals surface area contributed by atoms with Crippen molar-refractivity contribution in [3.05, 3.63) is 22.7 Å². The molecule has 6 nitrogen and oxygen atoms in total. The zero-order chi connectivity index (χ0) is 18.0. The molecule has 0 aromatic rings. The van der Waals surface area contributed by atoms with Gasteiger partial charge >= 0.3 is 0 Å². The molecule has 1 fully saturated rings. The van der Waals surface area contributed by atoms with Crippen LogP contribution in [0.1, 0.15) is 52.4 Å². The third-order valence-corrected chi connectivity index (χ3v) is 7.96. The summed E-state index contributed by atoms with van der Waals surface area (Å²) in [5, 5.41) is 11.5. The number of azo groups is 1. The lowest BCUT2D eigenvalue weighted by molar-refractivity contribution is -0.119. The Morgan fingerprint density at radius 3 is 2.48 bits per heavy atom. The average molecular weight is 363 g/mol. The highest BCUT2D eigenvalue weighted by Gasteiger charge is 2.53. The Balaban J connectivity index is 1.77. The number of hydrogen-bond donors (Lipinski definition) is 1. The number of carbonyl (C=O) groups excluding carboxylic acids is 1. The number of nitrogens with one attached hydrogen (secondary N) is 1. The Labute approximate surface area is 148 Å². The Morgan fingerprint density at radius 1 is 1.16 bits per heavy atom. The van der Waals surface area contributed by atoms with E-state index in [0.717, 1.165) is 29.1 Å². The highest BCUT2D eigenvalue weighted by molar-refractivity contribution is 7.91. The lowest BCUT2D eigenvalue weighted by Crippen LogP contribution is -2.46.